The van der Waals surface area contributed by atoms with Crippen molar-refractivity contribution in [3.8, 4) is 5.95 Å². The standard InChI is InChI=1S/C16H18F5N5O/c1-9(27)11-8-13(22-10-2-5-15(17,18)6-3-10)24-14(23-11)26-7-4-12(25-26)16(19,20)21/h4,7-10,27H,2-3,5-6H2,1H3,(H,22,23,24). The van der Waals surface area contributed by atoms with Gasteiger partial charge in [-0.3, -0.25) is 0 Å². The molecular weight excluding hydrogens is 373 g/mol. The second-order valence-electron chi connectivity index (χ2n) is 6.57. The maximum atomic E-state index is 13.3. The lowest BCUT2D eigenvalue weighted by molar-refractivity contribution is -0.141. The van der Waals surface area contributed by atoms with Crippen molar-refractivity contribution in [1.29, 1.82) is 0 Å². The van der Waals surface area contributed by atoms with E-state index < -0.39 is 23.9 Å². The van der Waals surface area contributed by atoms with Crippen LogP contribution in [0, 0.1) is 0 Å². The van der Waals surface area contributed by atoms with Gasteiger partial charge in [0.05, 0.1) is 11.8 Å². The van der Waals surface area contributed by atoms with E-state index in [9.17, 15) is 27.1 Å². The molecule has 1 atom stereocenters. The van der Waals surface area contributed by atoms with Gasteiger partial charge in [-0.25, -0.2) is 18.4 Å². The molecule has 27 heavy (non-hydrogen) atoms. The van der Waals surface area contributed by atoms with Crippen LogP contribution in [0.15, 0.2) is 18.3 Å². The van der Waals surface area contributed by atoms with E-state index in [1.54, 1.807) is 0 Å². The van der Waals surface area contributed by atoms with Crippen LogP contribution in [0.25, 0.3) is 5.95 Å². The molecule has 1 saturated carbocycles. The van der Waals surface area contributed by atoms with E-state index in [0.29, 0.717) is 0 Å². The van der Waals surface area contributed by atoms with Crippen LogP contribution in [0.3, 0.4) is 0 Å². The number of aliphatic hydroxyl groups excluding tert-OH is 1. The molecule has 1 fully saturated rings. The van der Waals surface area contributed by atoms with E-state index in [0.717, 1.165) is 16.9 Å². The van der Waals surface area contributed by atoms with Crippen LogP contribution in [0.5, 0.6) is 0 Å². The third-order valence-corrected chi connectivity index (χ3v) is 4.32. The molecule has 2 heterocycles. The summed E-state index contributed by atoms with van der Waals surface area (Å²) in [6.45, 7) is 1.45. The van der Waals surface area contributed by atoms with Crippen molar-refractivity contribution in [2.45, 2.75) is 56.9 Å². The van der Waals surface area contributed by atoms with E-state index in [-0.39, 0.29) is 49.2 Å². The number of nitrogens with one attached hydrogen (secondary N) is 1. The van der Waals surface area contributed by atoms with Crippen molar-refractivity contribution < 1.29 is 27.1 Å². The lowest BCUT2D eigenvalue weighted by atomic mass is 9.92. The Morgan fingerprint density at radius 1 is 1.26 bits per heavy atom. The predicted molar refractivity (Wildman–Crippen MR) is 85.6 cm³/mol. The van der Waals surface area contributed by atoms with Crippen molar-refractivity contribution in [2.75, 3.05) is 5.32 Å². The molecule has 6 nitrogen and oxygen atoms in total. The van der Waals surface area contributed by atoms with Gasteiger partial charge in [-0.2, -0.15) is 23.3 Å². The Labute approximate surface area is 151 Å². The molecule has 11 heteroatoms. The average Bonchev–Trinajstić information content (AvgIpc) is 3.07. The number of aliphatic hydroxyl groups is 1. The van der Waals surface area contributed by atoms with Gasteiger partial charge in [0.2, 0.25) is 5.92 Å². The summed E-state index contributed by atoms with van der Waals surface area (Å²) in [6, 6.07) is 1.97. The second kappa shape index (κ2) is 7.02. The molecule has 1 aliphatic rings. The highest BCUT2D eigenvalue weighted by atomic mass is 19.4. The van der Waals surface area contributed by atoms with Crippen LogP contribution >= 0.6 is 0 Å². The zero-order chi connectivity index (χ0) is 19.8. The van der Waals surface area contributed by atoms with Gasteiger partial charge in [0.25, 0.3) is 5.95 Å². The number of nitrogens with zero attached hydrogens (tertiary/aromatic N) is 4. The molecule has 2 aromatic rings. The third-order valence-electron chi connectivity index (χ3n) is 4.32. The van der Waals surface area contributed by atoms with Crippen LogP contribution in [-0.2, 0) is 6.18 Å². The van der Waals surface area contributed by atoms with Crippen molar-refractivity contribution in [2.24, 2.45) is 0 Å². The fourth-order valence-electron chi connectivity index (χ4n) is 2.82. The van der Waals surface area contributed by atoms with Gasteiger partial charge in [-0.1, -0.05) is 0 Å². The summed E-state index contributed by atoms with van der Waals surface area (Å²) in [5.41, 5.74) is -0.926. The minimum absolute atomic E-state index is 0.160. The summed E-state index contributed by atoms with van der Waals surface area (Å²) in [7, 11) is 0. The first-order chi connectivity index (χ1) is 12.5. The summed E-state index contributed by atoms with van der Waals surface area (Å²) < 4.78 is 65.7. The molecule has 1 unspecified atom stereocenters. The summed E-state index contributed by atoms with van der Waals surface area (Å²) >= 11 is 0. The zero-order valence-corrected chi connectivity index (χ0v) is 14.3. The Morgan fingerprint density at radius 2 is 1.93 bits per heavy atom. The first kappa shape index (κ1) is 19.5. The highest BCUT2D eigenvalue weighted by molar-refractivity contribution is 5.40. The van der Waals surface area contributed by atoms with Crippen molar-refractivity contribution in [3.05, 3.63) is 29.7 Å². The van der Waals surface area contributed by atoms with E-state index in [1.807, 2.05) is 0 Å². The molecule has 0 aliphatic heterocycles. The van der Waals surface area contributed by atoms with Gasteiger partial charge < -0.3 is 10.4 Å². The number of alkyl halides is 5. The number of anilines is 1. The molecule has 0 bridgehead atoms. The first-order valence-electron chi connectivity index (χ1n) is 8.38. The topological polar surface area (TPSA) is 75.9 Å². The van der Waals surface area contributed by atoms with Crippen LogP contribution in [0.2, 0.25) is 0 Å². The average molecular weight is 391 g/mol. The number of halogens is 5. The predicted octanol–water partition coefficient (Wildman–Crippen LogP) is 3.72. The molecule has 148 valence electrons. The van der Waals surface area contributed by atoms with Gasteiger partial charge in [0, 0.05) is 31.1 Å². The van der Waals surface area contributed by atoms with Gasteiger partial charge in [0.1, 0.15) is 5.82 Å². The molecule has 2 aromatic heterocycles. The highest BCUT2D eigenvalue weighted by Crippen LogP contribution is 2.34. The summed E-state index contributed by atoms with van der Waals surface area (Å²) in [5.74, 6) is -2.61. The van der Waals surface area contributed by atoms with Crippen molar-refractivity contribution in [3.63, 3.8) is 0 Å². The molecule has 0 amide bonds. The molecule has 0 radical (unpaired) electrons. The fourth-order valence-corrected chi connectivity index (χ4v) is 2.82. The number of aromatic nitrogens is 4. The largest absolute Gasteiger partial charge is 0.435 e. The molecule has 1 aliphatic carbocycles. The summed E-state index contributed by atoms with van der Waals surface area (Å²) in [6.07, 6.45) is -4.58. The molecule has 0 spiro atoms. The Bertz CT molecular complexity index is 795. The van der Waals surface area contributed by atoms with Gasteiger partial charge in [-0.15, -0.1) is 0 Å². The zero-order valence-electron chi connectivity index (χ0n) is 14.3. The number of hydrogen-bond acceptors (Lipinski definition) is 5. The Morgan fingerprint density at radius 3 is 2.48 bits per heavy atom. The number of rotatable bonds is 4. The maximum absolute atomic E-state index is 13.3. The molecule has 0 saturated heterocycles. The lowest BCUT2D eigenvalue weighted by Crippen LogP contribution is -2.32. The Hall–Kier alpha value is -2.30. The molecular formula is C16H18F5N5O. The number of hydrogen-bond donors (Lipinski definition) is 2. The summed E-state index contributed by atoms with van der Waals surface area (Å²) in [4.78, 5) is 8.15. The Balaban J connectivity index is 1.86. The smallest absolute Gasteiger partial charge is 0.387 e. The monoisotopic (exact) mass is 391 g/mol. The highest BCUT2D eigenvalue weighted by Gasteiger charge is 2.35. The maximum Gasteiger partial charge on any atom is 0.435 e. The first-order valence-corrected chi connectivity index (χ1v) is 8.38. The summed E-state index contributed by atoms with van der Waals surface area (Å²) in [5, 5.41) is 16.2. The van der Waals surface area contributed by atoms with Gasteiger partial charge >= 0.3 is 6.18 Å². The lowest BCUT2D eigenvalue weighted by Gasteiger charge is -2.29. The van der Waals surface area contributed by atoms with Crippen LogP contribution in [0.4, 0.5) is 27.8 Å². The van der Waals surface area contributed by atoms with E-state index in [1.165, 1.54) is 13.0 Å². The van der Waals surface area contributed by atoms with E-state index in [4.69, 9.17) is 0 Å². The van der Waals surface area contributed by atoms with E-state index >= 15 is 0 Å². The minimum atomic E-state index is -4.61. The van der Waals surface area contributed by atoms with Gasteiger partial charge in [0.15, 0.2) is 5.69 Å². The molecule has 3 rings (SSSR count). The quantitative estimate of drug-likeness (QED) is 0.777. The van der Waals surface area contributed by atoms with Crippen LogP contribution < -0.4 is 5.32 Å². The van der Waals surface area contributed by atoms with Crippen LogP contribution in [-0.4, -0.2) is 36.8 Å². The van der Waals surface area contributed by atoms with Gasteiger partial charge in [-0.05, 0) is 25.8 Å². The third kappa shape index (κ3) is 4.71. The molecule has 0 aromatic carbocycles. The fraction of sp³-hybridized carbons (Fsp3) is 0.562. The minimum Gasteiger partial charge on any atom is -0.387 e. The Kier molecular flexibility index (Phi) is 5.06. The second-order valence-corrected chi connectivity index (χ2v) is 6.57. The van der Waals surface area contributed by atoms with Crippen molar-refractivity contribution >= 4 is 5.82 Å². The van der Waals surface area contributed by atoms with E-state index in [2.05, 4.69) is 20.4 Å². The normalized spacial score (nSPS) is 19.1. The van der Waals surface area contributed by atoms with Crippen molar-refractivity contribution in [1.82, 2.24) is 19.7 Å². The SMILES string of the molecule is CC(O)c1cc(NC2CCC(F)(F)CC2)nc(-n2ccc(C(F)(F)F)n2)n1. The van der Waals surface area contributed by atoms with Crippen LogP contribution in [0.1, 0.15) is 50.1 Å². The molecule has 2 N–H and O–H groups in total.